The quantitative estimate of drug-likeness (QED) is 0.868. The lowest BCUT2D eigenvalue weighted by Crippen LogP contribution is -2.28. The minimum atomic E-state index is -0.744. The van der Waals surface area contributed by atoms with E-state index in [-0.39, 0.29) is 10.8 Å². The monoisotopic (exact) mass is 256 g/mol. The molecular weight excluding hydrogens is 239 g/mol. The van der Waals surface area contributed by atoms with Gasteiger partial charge in [0.2, 0.25) is 0 Å². The molecule has 2 atom stereocenters. The summed E-state index contributed by atoms with van der Waals surface area (Å²) in [7, 11) is 0. The molecule has 0 spiro atoms. The van der Waals surface area contributed by atoms with E-state index >= 15 is 0 Å². The van der Waals surface area contributed by atoms with Crippen molar-refractivity contribution in [3.05, 3.63) is 34.6 Å². The predicted molar refractivity (Wildman–Crippen MR) is 67.7 cm³/mol. The number of rotatable bonds is 3. The van der Waals surface area contributed by atoms with Crippen LogP contribution in [0, 0.1) is 11.7 Å². The fourth-order valence-electron chi connectivity index (χ4n) is 2.76. The van der Waals surface area contributed by atoms with Crippen LogP contribution >= 0.6 is 11.6 Å². The standard InChI is InChI=1S/C14H18ClFO/c1-2-10-6-7-14(17,8-10)9-11-4-3-5-12(15)13(11)16/h3-5,10,17H,2,6-9H2,1H3. The molecule has 17 heavy (non-hydrogen) atoms. The first-order valence-corrected chi connectivity index (χ1v) is 6.57. The van der Waals surface area contributed by atoms with E-state index in [9.17, 15) is 9.50 Å². The van der Waals surface area contributed by atoms with E-state index in [1.54, 1.807) is 12.1 Å². The number of aliphatic hydroxyl groups is 1. The van der Waals surface area contributed by atoms with Gasteiger partial charge in [0.05, 0.1) is 10.6 Å². The van der Waals surface area contributed by atoms with E-state index in [1.165, 1.54) is 6.07 Å². The van der Waals surface area contributed by atoms with Gasteiger partial charge in [0.1, 0.15) is 5.82 Å². The van der Waals surface area contributed by atoms with Gasteiger partial charge >= 0.3 is 0 Å². The summed E-state index contributed by atoms with van der Waals surface area (Å²) in [5, 5.41) is 10.6. The molecule has 2 unspecified atom stereocenters. The number of hydrogen-bond acceptors (Lipinski definition) is 1. The van der Waals surface area contributed by atoms with Crippen molar-refractivity contribution in [1.82, 2.24) is 0 Å². The summed E-state index contributed by atoms with van der Waals surface area (Å²) in [6.07, 6.45) is 4.03. The summed E-state index contributed by atoms with van der Waals surface area (Å²) in [5.41, 5.74) is -0.219. The average molecular weight is 257 g/mol. The summed E-state index contributed by atoms with van der Waals surface area (Å²) < 4.78 is 13.8. The maximum atomic E-state index is 13.8. The second-order valence-corrected chi connectivity index (χ2v) is 5.54. The minimum Gasteiger partial charge on any atom is -0.390 e. The molecule has 0 heterocycles. The predicted octanol–water partition coefficient (Wildman–Crippen LogP) is 3.96. The van der Waals surface area contributed by atoms with Gasteiger partial charge in [-0.1, -0.05) is 37.1 Å². The van der Waals surface area contributed by atoms with Gasteiger partial charge in [-0.25, -0.2) is 4.39 Å². The van der Waals surface area contributed by atoms with Crippen molar-refractivity contribution in [2.45, 2.75) is 44.6 Å². The third-order valence-electron chi connectivity index (χ3n) is 3.82. The highest BCUT2D eigenvalue weighted by atomic mass is 35.5. The second kappa shape index (κ2) is 4.95. The van der Waals surface area contributed by atoms with Gasteiger partial charge in [-0.05, 0) is 36.8 Å². The van der Waals surface area contributed by atoms with E-state index in [0.717, 1.165) is 25.7 Å². The molecule has 0 aliphatic heterocycles. The van der Waals surface area contributed by atoms with Crippen molar-refractivity contribution in [2.75, 3.05) is 0 Å². The molecule has 1 nitrogen and oxygen atoms in total. The maximum Gasteiger partial charge on any atom is 0.145 e. The third kappa shape index (κ3) is 2.80. The molecule has 0 radical (unpaired) electrons. The van der Waals surface area contributed by atoms with Crippen LogP contribution in [-0.2, 0) is 6.42 Å². The Balaban J connectivity index is 2.13. The Labute approximate surface area is 107 Å². The first-order chi connectivity index (χ1) is 8.04. The highest BCUT2D eigenvalue weighted by molar-refractivity contribution is 6.30. The molecule has 94 valence electrons. The normalized spacial score (nSPS) is 28.6. The number of hydrogen-bond donors (Lipinski definition) is 1. The van der Waals surface area contributed by atoms with Gasteiger partial charge in [-0.3, -0.25) is 0 Å². The van der Waals surface area contributed by atoms with Gasteiger partial charge < -0.3 is 5.11 Å². The number of benzene rings is 1. The fraction of sp³-hybridized carbons (Fsp3) is 0.571. The molecule has 1 aromatic carbocycles. The van der Waals surface area contributed by atoms with Crippen molar-refractivity contribution >= 4 is 11.6 Å². The van der Waals surface area contributed by atoms with Gasteiger partial charge in [0.15, 0.2) is 0 Å². The molecule has 1 saturated carbocycles. The van der Waals surface area contributed by atoms with Gasteiger partial charge in [0, 0.05) is 6.42 Å². The van der Waals surface area contributed by atoms with Gasteiger partial charge in [-0.15, -0.1) is 0 Å². The number of halogens is 2. The van der Waals surface area contributed by atoms with Gasteiger partial charge in [-0.2, -0.15) is 0 Å². The first-order valence-electron chi connectivity index (χ1n) is 6.19. The molecule has 0 amide bonds. The lowest BCUT2D eigenvalue weighted by molar-refractivity contribution is 0.0428. The minimum absolute atomic E-state index is 0.135. The van der Waals surface area contributed by atoms with Crippen LogP contribution in [0.2, 0.25) is 5.02 Å². The molecule has 3 heteroatoms. The van der Waals surface area contributed by atoms with Crippen LogP contribution in [0.5, 0.6) is 0 Å². The molecular formula is C14H18ClFO. The van der Waals surface area contributed by atoms with E-state index in [2.05, 4.69) is 6.92 Å². The van der Waals surface area contributed by atoms with Gasteiger partial charge in [0.25, 0.3) is 0 Å². The molecule has 1 aromatic rings. The topological polar surface area (TPSA) is 20.2 Å². The summed E-state index contributed by atoms with van der Waals surface area (Å²) in [4.78, 5) is 0. The average Bonchev–Trinajstić information content (AvgIpc) is 2.67. The summed E-state index contributed by atoms with van der Waals surface area (Å²) in [6.45, 7) is 2.14. The Morgan fingerprint density at radius 3 is 2.94 bits per heavy atom. The fourth-order valence-corrected chi connectivity index (χ4v) is 2.96. The molecule has 1 N–H and O–H groups in total. The van der Waals surface area contributed by atoms with Crippen LogP contribution in [0.4, 0.5) is 4.39 Å². The molecule has 0 saturated heterocycles. The first kappa shape index (κ1) is 12.8. The zero-order valence-corrected chi connectivity index (χ0v) is 10.8. The Bertz CT molecular complexity index is 407. The largest absolute Gasteiger partial charge is 0.390 e. The highest BCUT2D eigenvalue weighted by Gasteiger charge is 2.37. The molecule has 1 aliphatic carbocycles. The maximum absolute atomic E-state index is 13.8. The lowest BCUT2D eigenvalue weighted by atomic mass is 9.91. The molecule has 1 fully saturated rings. The van der Waals surface area contributed by atoms with Crippen molar-refractivity contribution in [3.63, 3.8) is 0 Å². The Hall–Kier alpha value is -0.600. The van der Waals surface area contributed by atoms with Crippen LogP contribution in [0.25, 0.3) is 0 Å². The van der Waals surface area contributed by atoms with Crippen LogP contribution in [0.1, 0.15) is 38.2 Å². The molecule has 2 rings (SSSR count). The Morgan fingerprint density at radius 2 is 2.29 bits per heavy atom. The van der Waals surface area contributed by atoms with Crippen molar-refractivity contribution in [3.8, 4) is 0 Å². The highest BCUT2D eigenvalue weighted by Crippen LogP contribution is 2.39. The van der Waals surface area contributed by atoms with Crippen LogP contribution in [0.15, 0.2) is 18.2 Å². The van der Waals surface area contributed by atoms with E-state index < -0.39 is 5.60 Å². The van der Waals surface area contributed by atoms with Crippen LogP contribution in [-0.4, -0.2) is 10.7 Å². The third-order valence-corrected chi connectivity index (χ3v) is 4.11. The van der Waals surface area contributed by atoms with E-state index in [4.69, 9.17) is 11.6 Å². The van der Waals surface area contributed by atoms with Crippen LogP contribution in [0.3, 0.4) is 0 Å². The summed E-state index contributed by atoms with van der Waals surface area (Å²) in [5.74, 6) is 0.185. The smallest absolute Gasteiger partial charge is 0.145 e. The zero-order valence-electron chi connectivity index (χ0n) is 10.0. The van der Waals surface area contributed by atoms with Crippen molar-refractivity contribution < 1.29 is 9.50 Å². The van der Waals surface area contributed by atoms with Crippen LogP contribution < -0.4 is 0 Å². The van der Waals surface area contributed by atoms with E-state index in [1.807, 2.05) is 0 Å². The zero-order chi connectivity index (χ0) is 12.5. The Kier molecular flexibility index (Phi) is 3.74. The molecule has 0 aromatic heterocycles. The molecule has 0 bridgehead atoms. The molecule has 1 aliphatic rings. The van der Waals surface area contributed by atoms with Crippen molar-refractivity contribution in [1.29, 1.82) is 0 Å². The summed E-state index contributed by atoms with van der Waals surface area (Å²) in [6, 6.07) is 4.97. The van der Waals surface area contributed by atoms with E-state index in [0.29, 0.717) is 17.9 Å². The van der Waals surface area contributed by atoms with Crippen molar-refractivity contribution in [2.24, 2.45) is 5.92 Å². The SMILES string of the molecule is CCC1CCC(O)(Cc2cccc(Cl)c2F)C1. The lowest BCUT2D eigenvalue weighted by Gasteiger charge is -2.23. The second-order valence-electron chi connectivity index (χ2n) is 5.13. The summed E-state index contributed by atoms with van der Waals surface area (Å²) >= 11 is 5.74. The Morgan fingerprint density at radius 1 is 1.53 bits per heavy atom.